The van der Waals surface area contributed by atoms with Crippen molar-refractivity contribution < 1.29 is 4.74 Å². The van der Waals surface area contributed by atoms with E-state index in [1.165, 1.54) is 5.56 Å². The Morgan fingerprint density at radius 2 is 2.06 bits per heavy atom. The van der Waals surface area contributed by atoms with E-state index < -0.39 is 0 Å². The maximum Gasteiger partial charge on any atom is 0.123 e. The summed E-state index contributed by atoms with van der Waals surface area (Å²) in [6.07, 6.45) is 0. The average Bonchev–Trinajstić information content (AvgIpc) is 2.23. The lowest BCUT2D eigenvalue weighted by Gasteiger charge is -2.19. The van der Waals surface area contributed by atoms with Crippen LogP contribution in [0.2, 0.25) is 0 Å². The zero-order valence-electron chi connectivity index (χ0n) is 10.0. The molecule has 0 saturated heterocycles. The van der Waals surface area contributed by atoms with Crippen LogP contribution in [0.15, 0.2) is 22.7 Å². The van der Waals surface area contributed by atoms with Crippen molar-refractivity contribution in [2.45, 2.75) is 20.8 Å². The normalized spacial score (nSPS) is 12.9. The van der Waals surface area contributed by atoms with E-state index in [4.69, 9.17) is 4.74 Å². The predicted molar refractivity (Wildman–Crippen MR) is 76.6 cm³/mol. The van der Waals surface area contributed by atoms with Crippen LogP contribution in [0.4, 0.5) is 0 Å². The molecule has 1 rings (SSSR count). The summed E-state index contributed by atoms with van der Waals surface area (Å²) in [5, 5.41) is 0. The van der Waals surface area contributed by atoms with E-state index in [1.54, 1.807) is 0 Å². The van der Waals surface area contributed by atoms with Crippen molar-refractivity contribution in [2.24, 2.45) is 11.8 Å². The van der Waals surface area contributed by atoms with Gasteiger partial charge in [0.15, 0.2) is 0 Å². The molecule has 1 atom stereocenters. The standard InChI is InChI=1S/C13H19BrOS/c1-9(2)11(8-16)7-15-13-6-12(14)5-4-10(13)3/h4-6,9,11,16H,7-8H2,1-3H3. The number of benzene rings is 1. The van der Waals surface area contributed by atoms with Gasteiger partial charge in [-0.25, -0.2) is 0 Å². The van der Waals surface area contributed by atoms with Crippen LogP contribution in [-0.4, -0.2) is 12.4 Å². The quantitative estimate of drug-likeness (QED) is 0.796. The van der Waals surface area contributed by atoms with Crippen LogP contribution in [0.5, 0.6) is 5.75 Å². The van der Waals surface area contributed by atoms with E-state index in [2.05, 4.69) is 55.4 Å². The molecule has 16 heavy (non-hydrogen) atoms. The van der Waals surface area contributed by atoms with Gasteiger partial charge in [0, 0.05) is 10.4 Å². The Labute approximate surface area is 112 Å². The molecule has 0 radical (unpaired) electrons. The minimum atomic E-state index is 0.502. The van der Waals surface area contributed by atoms with Crippen LogP contribution < -0.4 is 4.74 Å². The zero-order chi connectivity index (χ0) is 12.1. The largest absolute Gasteiger partial charge is 0.493 e. The monoisotopic (exact) mass is 302 g/mol. The third-order valence-electron chi connectivity index (χ3n) is 2.78. The predicted octanol–water partition coefficient (Wildman–Crippen LogP) is 4.34. The van der Waals surface area contributed by atoms with Gasteiger partial charge < -0.3 is 4.74 Å². The SMILES string of the molecule is Cc1ccc(Br)cc1OCC(CS)C(C)C. The maximum absolute atomic E-state index is 5.85. The molecule has 0 heterocycles. The van der Waals surface area contributed by atoms with Gasteiger partial charge >= 0.3 is 0 Å². The van der Waals surface area contributed by atoms with Crippen LogP contribution in [0.1, 0.15) is 19.4 Å². The van der Waals surface area contributed by atoms with Crippen molar-refractivity contribution in [3.8, 4) is 5.75 Å². The summed E-state index contributed by atoms with van der Waals surface area (Å²) in [6, 6.07) is 6.11. The van der Waals surface area contributed by atoms with Crippen molar-refractivity contribution in [1.29, 1.82) is 0 Å². The maximum atomic E-state index is 5.85. The second-order valence-corrected chi connectivity index (χ2v) is 5.69. The number of hydrogen-bond acceptors (Lipinski definition) is 2. The van der Waals surface area contributed by atoms with Gasteiger partial charge in [0.05, 0.1) is 6.61 Å². The highest BCUT2D eigenvalue weighted by Crippen LogP contribution is 2.24. The fourth-order valence-electron chi connectivity index (χ4n) is 1.38. The topological polar surface area (TPSA) is 9.23 Å². The Balaban J connectivity index is 2.63. The van der Waals surface area contributed by atoms with E-state index in [0.717, 1.165) is 22.6 Å². The van der Waals surface area contributed by atoms with Crippen molar-refractivity contribution in [3.63, 3.8) is 0 Å². The Morgan fingerprint density at radius 1 is 1.38 bits per heavy atom. The molecule has 90 valence electrons. The van der Waals surface area contributed by atoms with E-state index in [-0.39, 0.29) is 0 Å². The number of rotatable bonds is 5. The van der Waals surface area contributed by atoms with Gasteiger partial charge in [-0.3, -0.25) is 0 Å². The molecule has 1 aromatic rings. The molecule has 0 aliphatic heterocycles. The molecular weight excluding hydrogens is 284 g/mol. The van der Waals surface area contributed by atoms with E-state index in [0.29, 0.717) is 11.8 Å². The number of thiol groups is 1. The highest BCUT2D eigenvalue weighted by molar-refractivity contribution is 9.10. The molecule has 0 N–H and O–H groups in total. The first-order chi connectivity index (χ1) is 7.54. The molecule has 1 unspecified atom stereocenters. The third kappa shape index (κ3) is 4.02. The third-order valence-corrected chi connectivity index (χ3v) is 3.74. The fraction of sp³-hybridized carbons (Fsp3) is 0.538. The lowest BCUT2D eigenvalue weighted by atomic mass is 9.99. The zero-order valence-corrected chi connectivity index (χ0v) is 12.5. The fourth-order valence-corrected chi connectivity index (χ4v) is 2.25. The smallest absolute Gasteiger partial charge is 0.123 e. The minimum absolute atomic E-state index is 0.502. The number of hydrogen-bond donors (Lipinski definition) is 1. The van der Waals surface area contributed by atoms with Gasteiger partial charge in [-0.1, -0.05) is 35.8 Å². The molecule has 0 saturated carbocycles. The van der Waals surface area contributed by atoms with Crippen molar-refractivity contribution in [2.75, 3.05) is 12.4 Å². The van der Waals surface area contributed by atoms with Gasteiger partial charge in [0.25, 0.3) is 0 Å². The summed E-state index contributed by atoms with van der Waals surface area (Å²) in [5.74, 6) is 2.93. The molecule has 1 nitrogen and oxygen atoms in total. The Morgan fingerprint density at radius 3 is 2.62 bits per heavy atom. The lowest BCUT2D eigenvalue weighted by Crippen LogP contribution is -2.19. The van der Waals surface area contributed by atoms with Crippen molar-refractivity contribution in [3.05, 3.63) is 28.2 Å². The van der Waals surface area contributed by atoms with Crippen LogP contribution >= 0.6 is 28.6 Å². The van der Waals surface area contributed by atoms with Gasteiger partial charge in [0.2, 0.25) is 0 Å². The summed E-state index contributed by atoms with van der Waals surface area (Å²) >= 11 is 7.81. The first-order valence-corrected chi connectivity index (χ1v) is 6.97. The van der Waals surface area contributed by atoms with Crippen LogP contribution in [0.25, 0.3) is 0 Å². The van der Waals surface area contributed by atoms with Gasteiger partial charge in [-0.15, -0.1) is 0 Å². The Bertz CT molecular complexity index is 339. The summed E-state index contributed by atoms with van der Waals surface area (Å²) in [6.45, 7) is 7.21. The molecule has 3 heteroatoms. The molecular formula is C13H19BrOS. The van der Waals surface area contributed by atoms with Crippen molar-refractivity contribution in [1.82, 2.24) is 0 Å². The number of ether oxygens (including phenoxy) is 1. The van der Waals surface area contributed by atoms with Gasteiger partial charge in [0.1, 0.15) is 5.75 Å². The van der Waals surface area contributed by atoms with Crippen LogP contribution in [-0.2, 0) is 0 Å². The van der Waals surface area contributed by atoms with E-state index in [1.807, 2.05) is 12.1 Å². The minimum Gasteiger partial charge on any atom is -0.493 e. The first kappa shape index (κ1) is 13.9. The van der Waals surface area contributed by atoms with Gasteiger partial charge in [-0.2, -0.15) is 12.6 Å². The summed E-state index contributed by atoms with van der Waals surface area (Å²) < 4.78 is 6.91. The summed E-state index contributed by atoms with van der Waals surface area (Å²) in [7, 11) is 0. The molecule has 0 bridgehead atoms. The summed E-state index contributed by atoms with van der Waals surface area (Å²) in [5.41, 5.74) is 1.17. The van der Waals surface area contributed by atoms with Crippen LogP contribution in [0.3, 0.4) is 0 Å². The summed E-state index contributed by atoms with van der Waals surface area (Å²) in [4.78, 5) is 0. The highest BCUT2D eigenvalue weighted by atomic mass is 79.9. The van der Waals surface area contributed by atoms with Crippen LogP contribution in [0, 0.1) is 18.8 Å². The highest BCUT2D eigenvalue weighted by Gasteiger charge is 2.12. The second kappa shape index (κ2) is 6.55. The van der Waals surface area contributed by atoms with Gasteiger partial charge in [-0.05, 0) is 36.3 Å². The average molecular weight is 303 g/mol. The molecule has 0 fully saturated rings. The molecule has 0 aromatic heterocycles. The molecule has 0 aliphatic carbocycles. The molecule has 0 amide bonds. The first-order valence-electron chi connectivity index (χ1n) is 5.54. The van der Waals surface area contributed by atoms with E-state index in [9.17, 15) is 0 Å². The van der Waals surface area contributed by atoms with E-state index >= 15 is 0 Å². The molecule has 1 aromatic carbocycles. The lowest BCUT2D eigenvalue weighted by molar-refractivity contribution is 0.226. The Hall–Kier alpha value is -0.150. The Kier molecular flexibility index (Phi) is 5.70. The number of aryl methyl sites for hydroxylation is 1. The number of halogens is 1. The van der Waals surface area contributed by atoms with Crippen molar-refractivity contribution >= 4 is 28.6 Å². The molecule has 0 spiro atoms. The second-order valence-electron chi connectivity index (χ2n) is 4.41. The molecule has 0 aliphatic rings.